The van der Waals surface area contributed by atoms with Crippen molar-refractivity contribution in [2.24, 2.45) is 11.5 Å². The SMILES string of the molecule is CCCC(N)N.Nc1ccccc1N. The summed E-state index contributed by atoms with van der Waals surface area (Å²) in [5.41, 5.74) is 22.4. The molecule has 0 saturated heterocycles. The molecule has 0 unspecified atom stereocenters. The van der Waals surface area contributed by atoms with Gasteiger partial charge in [-0.2, -0.15) is 0 Å². The molecule has 0 heterocycles. The zero-order valence-electron chi connectivity index (χ0n) is 8.61. The van der Waals surface area contributed by atoms with Crippen molar-refractivity contribution in [2.45, 2.75) is 25.9 Å². The molecule has 1 rings (SSSR count). The van der Waals surface area contributed by atoms with Crippen molar-refractivity contribution in [3.05, 3.63) is 24.3 Å². The van der Waals surface area contributed by atoms with Gasteiger partial charge in [-0.25, -0.2) is 0 Å². The molecule has 0 spiro atoms. The highest BCUT2D eigenvalue weighted by atomic mass is 14.8. The molecule has 14 heavy (non-hydrogen) atoms. The maximum atomic E-state index is 5.39. The molecule has 0 aliphatic rings. The number of hydrogen-bond acceptors (Lipinski definition) is 4. The van der Waals surface area contributed by atoms with Gasteiger partial charge in [0, 0.05) is 0 Å². The molecule has 4 nitrogen and oxygen atoms in total. The Bertz CT molecular complexity index is 227. The summed E-state index contributed by atoms with van der Waals surface area (Å²) in [4.78, 5) is 0. The standard InChI is InChI=1S/C6H8N2.C4H12N2/c7-5-3-1-2-4-6(5)8;1-2-3-4(5)6/h1-4H,7-8H2;4H,2-3,5-6H2,1H3. The molecule has 8 N–H and O–H groups in total. The van der Waals surface area contributed by atoms with Gasteiger partial charge in [0.15, 0.2) is 0 Å². The second-order valence-corrected chi connectivity index (χ2v) is 3.08. The number of para-hydroxylation sites is 2. The van der Waals surface area contributed by atoms with E-state index in [-0.39, 0.29) is 6.17 Å². The Balaban J connectivity index is 0.000000255. The highest BCUT2D eigenvalue weighted by molar-refractivity contribution is 5.62. The molecule has 0 atom stereocenters. The molecule has 0 aliphatic heterocycles. The van der Waals surface area contributed by atoms with Crippen molar-refractivity contribution in [3.8, 4) is 0 Å². The van der Waals surface area contributed by atoms with Gasteiger partial charge in [0.2, 0.25) is 0 Å². The number of nitrogen functional groups attached to an aromatic ring is 2. The third-order valence-corrected chi connectivity index (χ3v) is 1.62. The van der Waals surface area contributed by atoms with Crippen LogP contribution >= 0.6 is 0 Å². The van der Waals surface area contributed by atoms with E-state index in [1.807, 2.05) is 12.1 Å². The quantitative estimate of drug-likeness (QED) is 0.416. The van der Waals surface area contributed by atoms with Gasteiger partial charge >= 0.3 is 0 Å². The van der Waals surface area contributed by atoms with Crippen molar-refractivity contribution < 1.29 is 0 Å². The summed E-state index contributed by atoms with van der Waals surface area (Å²) in [7, 11) is 0. The molecule has 0 saturated carbocycles. The smallest absolute Gasteiger partial charge is 0.0547 e. The maximum Gasteiger partial charge on any atom is 0.0547 e. The average Bonchev–Trinajstić information content (AvgIpc) is 2.11. The first-order chi connectivity index (χ1) is 6.57. The molecular weight excluding hydrogens is 176 g/mol. The third-order valence-electron chi connectivity index (χ3n) is 1.62. The number of rotatable bonds is 2. The molecule has 0 aromatic heterocycles. The van der Waals surface area contributed by atoms with Crippen LogP contribution in [0.25, 0.3) is 0 Å². The normalized spacial score (nSPS) is 9.43. The van der Waals surface area contributed by atoms with Gasteiger partial charge in [-0.1, -0.05) is 25.5 Å². The van der Waals surface area contributed by atoms with Crippen molar-refractivity contribution in [3.63, 3.8) is 0 Å². The van der Waals surface area contributed by atoms with Crippen LogP contribution in [0.3, 0.4) is 0 Å². The minimum absolute atomic E-state index is 0.102. The Morgan fingerprint density at radius 3 is 1.64 bits per heavy atom. The first kappa shape index (κ1) is 12.7. The summed E-state index contributed by atoms with van der Waals surface area (Å²) in [5, 5.41) is 0. The Kier molecular flexibility index (Phi) is 6.53. The van der Waals surface area contributed by atoms with Crippen molar-refractivity contribution in [2.75, 3.05) is 11.5 Å². The van der Waals surface area contributed by atoms with E-state index in [9.17, 15) is 0 Å². The molecular formula is C10H20N4. The average molecular weight is 196 g/mol. The molecule has 0 aliphatic carbocycles. The van der Waals surface area contributed by atoms with E-state index in [1.165, 1.54) is 0 Å². The van der Waals surface area contributed by atoms with Crippen LogP contribution in [0.15, 0.2) is 24.3 Å². The van der Waals surface area contributed by atoms with E-state index < -0.39 is 0 Å². The van der Waals surface area contributed by atoms with Crippen LogP contribution in [-0.4, -0.2) is 6.17 Å². The van der Waals surface area contributed by atoms with Crippen molar-refractivity contribution in [1.29, 1.82) is 0 Å². The van der Waals surface area contributed by atoms with Crippen LogP contribution in [0, 0.1) is 0 Å². The van der Waals surface area contributed by atoms with E-state index in [4.69, 9.17) is 22.9 Å². The monoisotopic (exact) mass is 196 g/mol. The Morgan fingerprint density at radius 2 is 1.50 bits per heavy atom. The van der Waals surface area contributed by atoms with Crippen LogP contribution in [0.4, 0.5) is 11.4 Å². The molecule has 0 amide bonds. The molecule has 1 aromatic carbocycles. The lowest BCUT2D eigenvalue weighted by molar-refractivity contribution is 0.627. The maximum absolute atomic E-state index is 5.39. The lowest BCUT2D eigenvalue weighted by Crippen LogP contribution is -2.29. The highest BCUT2D eigenvalue weighted by Crippen LogP contribution is 2.10. The summed E-state index contributed by atoms with van der Waals surface area (Å²) in [6.45, 7) is 2.06. The Hall–Kier alpha value is -1.26. The summed E-state index contributed by atoms with van der Waals surface area (Å²) in [6.07, 6.45) is 1.91. The Morgan fingerprint density at radius 1 is 1.07 bits per heavy atom. The van der Waals surface area contributed by atoms with E-state index in [2.05, 4.69) is 6.92 Å². The number of benzene rings is 1. The molecule has 0 fully saturated rings. The first-order valence-electron chi connectivity index (χ1n) is 4.69. The van der Waals surface area contributed by atoms with Gasteiger partial charge in [-0.15, -0.1) is 0 Å². The molecule has 0 radical (unpaired) electrons. The van der Waals surface area contributed by atoms with Gasteiger partial charge in [0.05, 0.1) is 17.5 Å². The Labute approximate surface area is 85.3 Å². The minimum atomic E-state index is -0.102. The van der Waals surface area contributed by atoms with E-state index in [1.54, 1.807) is 12.1 Å². The van der Waals surface area contributed by atoms with Gasteiger partial charge in [-0.05, 0) is 18.6 Å². The summed E-state index contributed by atoms with van der Waals surface area (Å²) in [6, 6.07) is 7.25. The van der Waals surface area contributed by atoms with Crippen molar-refractivity contribution >= 4 is 11.4 Å². The minimum Gasteiger partial charge on any atom is -0.397 e. The topological polar surface area (TPSA) is 104 Å². The van der Waals surface area contributed by atoms with Crippen LogP contribution in [0.1, 0.15) is 19.8 Å². The van der Waals surface area contributed by atoms with Crippen molar-refractivity contribution in [1.82, 2.24) is 0 Å². The van der Waals surface area contributed by atoms with E-state index >= 15 is 0 Å². The molecule has 4 heteroatoms. The fourth-order valence-corrected chi connectivity index (χ4v) is 0.844. The summed E-state index contributed by atoms with van der Waals surface area (Å²) in [5.74, 6) is 0. The summed E-state index contributed by atoms with van der Waals surface area (Å²) >= 11 is 0. The lowest BCUT2D eigenvalue weighted by Gasteiger charge is -1.97. The number of hydrogen-bond donors (Lipinski definition) is 4. The third kappa shape index (κ3) is 6.28. The van der Waals surface area contributed by atoms with Gasteiger partial charge in [0.1, 0.15) is 0 Å². The number of nitrogens with two attached hydrogens (primary N) is 4. The van der Waals surface area contributed by atoms with Crippen LogP contribution in [-0.2, 0) is 0 Å². The first-order valence-corrected chi connectivity index (χ1v) is 4.69. The van der Waals surface area contributed by atoms with E-state index in [0.717, 1.165) is 12.8 Å². The van der Waals surface area contributed by atoms with Crippen LogP contribution in [0.5, 0.6) is 0 Å². The van der Waals surface area contributed by atoms with E-state index in [0.29, 0.717) is 11.4 Å². The van der Waals surface area contributed by atoms with Gasteiger partial charge in [-0.3, -0.25) is 0 Å². The molecule has 0 bridgehead atoms. The highest BCUT2D eigenvalue weighted by Gasteiger charge is 1.86. The largest absolute Gasteiger partial charge is 0.397 e. The van der Waals surface area contributed by atoms with Gasteiger partial charge in [0.25, 0.3) is 0 Å². The zero-order chi connectivity index (χ0) is 11.0. The van der Waals surface area contributed by atoms with Gasteiger partial charge < -0.3 is 22.9 Å². The number of anilines is 2. The molecule has 80 valence electrons. The predicted octanol–water partition coefficient (Wildman–Crippen LogP) is 0.881. The summed E-state index contributed by atoms with van der Waals surface area (Å²) < 4.78 is 0. The molecule has 1 aromatic rings. The second-order valence-electron chi connectivity index (χ2n) is 3.08. The lowest BCUT2D eigenvalue weighted by atomic mass is 10.3. The zero-order valence-corrected chi connectivity index (χ0v) is 8.61. The fourth-order valence-electron chi connectivity index (χ4n) is 0.844. The second kappa shape index (κ2) is 7.17. The van der Waals surface area contributed by atoms with Crippen LogP contribution in [0.2, 0.25) is 0 Å². The fraction of sp³-hybridized carbons (Fsp3) is 0.400. The predicted molar refractivity (Wildman–Crippen MR) is 62.3 cm³/mol. The van der Waals surface area contributed by atoms with Crippen LogP contribution < -0.4 is 22.9 Å².